The summed E-state index contributed by atoms with van der Waals surface area (Å²) in [6.07, 6.45) is -5.32. The maximum Gasteiger partial charge on any atom is 0.417 e. The van der Waals surface area contributed by atoms with Gasteiger partial charge in [-0.15, -0.1) is 0 Å². The van der Waals surface area contributed by atoms with Crippen LogP contribution in [0.25, 0.3) is 6.08 Å². The van der Waals surface area contributed by atoms with E-state index in [1.54, 1.807) is 0 Å². The van der Waals surface area contributed by atoms with Crippen molar-refractivity contribution in [3.8, 4) is 0 Å². The van der Waals surface area contributed by atoms with E-state index in [1.807, 2.05) is 0 Å². The minimum atomic E-state index is -4.63. The number of amides is 1. The summed E-state index contributed by atoms with van der Waals surface area (Å²) >= 11 is 5.49. The second-order valence-electron chi connectivity index (χ2n) is 4.74. The Balaban J connectivity index is 2.91. The van der Waals surface area contributed by atoms with E-state index < -0.39 is 35.6 Å². The fourth-order valence-corrected chi connectivity index (χ4v) is 2.02. The van der Waals surface area contributed by atoms with Crippen molar-refractivity contribution in [2.45, 2.75) is 12.6 Å². The van der Waals surface area contributed by atoms with Crippen LogP contribution in [-0.2, 0) is 15.7 Å². The number of hydrogen-bond donors (Lipinski definition) is 0. The fraction of sp³-hybridized carbons (Fsp3) is 0.400. The quantitative estimate of drug-likeness (QED) is 0.533. The lowest BCUT2D eigenvalue weighted by Crippen LogP contribution is -2.36. The molecule has 0 fully saturated rings. The number of alkyl halides is 5. The van der Waals surface area contributed by atoms with Gasteiger partial charge >= 0.3 is 6.18 Å². The molecule has 1 rings (SSSR count). The zero-order valence-corrected chi connectivity index (χ0v) is 13.4. The van der Waals surface area contributed by atoms with Gasteiger partial charge in [0.25, 0.3) is 6.43 Å². The first kappa shape index (κ1) is 20.4. The molecule has 24 heavy (non-hydrogen) atoms. The molecule has 0 atom stereocenters. The molecule has 0 spiro atoms. The Morgan fingerprint density at radius 3 is 2.58 bits per heavy atom. The Bertz CT molecular complexity index is 590. The number of nitrogens with zero attached hydrogens (tertiary/aromatic N) is 1. The van der Waals surface area contributed by atoms with Crippen LogP contribution in [0, 0.1) is 0 Å². The minimum absolute atomic E-state index is 0.0571. The number of rotatable bonds is 7. The molecule has 3 nitrogen and oxygen atoms in total. The highest BCUT2D eigenvalue weighted by Gasteiger charge is 2.33. The van der Waals surface area contributed by atoms with E-state index >= 15 is 0 Å². The van der Waals surface area contributed by atoms with E-state index in [9.17, 15) is 26.7 Å². The van der Waals surface area contributed by atoms with Gasteiger partial charge in [0.05, 0.1) is 23.7 Å². The number of benzene rings is 1. The van der Waals surface area contributed by atoms with Crippen LogP contribution in [0.1, 0.15) is 11.1 Å². The molecule has 0 bridgehead atoms. The van der Waals surface area contributed by atoms with Crippen LogP contribution in [0.3, 0.4) is 0 Å². The lowest BCUT2D eigenvalue weighted by molar-refractivity contribution is -0.137. The smallest absolute Gasteiger partial charge is 0.383 e. The van der Waals surface area contributed by atoms with Gasteiger partial charge in [-0.2, -0.15) is 13.2 Å². The van der Waals surface area contributed by atoms with Crippen LogP contribution in [0.5, 0.6) is 0 Å². The van der Waals surface area contributed by atoms with Gasteiger partial charge in [-0.25, -0.2) is 8.78 Å². The first-order valence-electron chi connectivity index (χ1n) is 6.76. The molecule has 0 heterocycles. The maximum atomic E-state index is 12.8. The Kier molecular flexibility index (Phi) is 7.62. The first-order chi connectivity index (χ1) is 11.1. The lowest BCUT2D eigenvalue weighted by atomic mass is 10.1. The number of hydrogen-bond acceptors (Lipinski definition) is 2. The van der Waals surface area contributed by atoms with Gasteiger partial charge < -0.3 is 9.64 Å². The highest BCUT2D eigenvalue weighted by atomic mass is 35.5. The summed E-state index contributed by atoms with van der Waals surface area (Å²) in [5.74, 6) is -0.754. The molecule has 1 aromatic rings. The molecule has 9 heteroatoms. The minimum Gasteiger partial charge on any atom is -0.383 e. The summed E-state index contributed by atoms with van der Waals surface area (Å²) in [6, 6.07) is 3.11. The normalized spacial score (nSPS) is 12.2. The Hall–Kier alpha value is -1.67. The Morgan fingerprint density at radius 2 is 2.04 bits per heavy atom. The van der Waals surface area contributed by atoms with Gasteiger partial charge in [0.1, 0.15) is 0 Å². The van der Waals surface area contributed by atoms with Gasteiger partial charge in [-0.3, -0.25) is 4.79 Å². The molecule has 0 aliphatic carbocycles. The summed E-state index contributed by atoms with van der Waals surface area (Å²) in [4.78, 5) is 12.8. The summed E-state index contributed by atoms with van der Waals surface area (Å²) < 4.78 is 67.9. The molecule has 1 amide bonds. The SMILES string of the molecule is COCCN(CC(F)F)C(=O)/C=C/c1ccc(Cl)c(C(F)(F)F)c1. The van der Waals surface area contributed by atoms with Crippen molar-refractivity contribution >= 4 is 23.6 Å². The molecular formula is C15H15ClF5NO2. The van der Waals surface area contributed by atoms with E-state index in [1.165, 1.54) is 13.2 Å². The van der Waals surface area contributed by atoms with Crippen LogP contribution in [-0.4, -0.2) is 44.0 Å². The van der Waals surface area contributed by atoms with Crippen molar-refractivity contribution in [3.05, 3.63) is 40.4 Å². The van der Waals surface area contributed by atoms with Gasteiger partial charge in [0, 0.05) is 19.7 Å². The molecular weight excluding hydrogens is 357 g/mol. The van der Waals surface area contributed by atoms with Gasteiger partial charge in [0.15, 0.2) is 0 Å². The van der Waals surface area contributed by atoms with E-state index in [0.717, 1.165) is 29.2 Å². The molecule has 0 aliphatic rings. The number of carbonyl (C=O) groups is 1. The highest BCUT2D eigenvalue weighted by molar-refractivity contribution is 6.31. The van der Waals surface area contributed by atoms with Crippen molar-refractivity contribution in [1.29, 1.82) is 0 Å². The zero-order valence-electron chi connectivity index (χ0n) is 12.6. The van der Waals surface area contributed by atoms with Gasteiger partial charge in [-0.05, 0) is 23.8 Å². The maximum absolute atomic E-state index is 12.8. The number of ether oxygens (including phenoxy) is 1. The summed E-state index contributed by atoms with van der Waals surface area (Å²) in [6.45, 7) is -0.787. The highest BCUT2D eigenvalue weighted by Crippen LogP contribution is 2.35. The van der Waals surface area contributed by atoms with Gasteiger partial charge in [-0.1, -0.05) is 17.7 Å². The van der Waals surface area contributed by atoms with E-state index in [-0.39, 0.29) is 18.7 Å². The van der Waals surface area contributed by atoms with Crippen molar-refractivity contribution in [2.75, 3.05) is 26.8 Å². The first-order valence-corrected chi connectivity index (χ1v) is 7.13. The summed E-state index contributed by atoms with van der Waals surface area (Å²) in [5, 5.41) is -0.467. The third kappa shape index (κ3) is 6.45. The average Bonchev–Trinajstić information content (AvgIpc) is 2.48. The molecule has 1 aromatic carbocycles. The topological polar surface area (TPSA) is 29.5 Å². The molecule has 134 valence electrons. The number of carbonyl (C=O) groups excluding carboxylic acids is 1. The predicted octanol–water partition coefficient (Wildman–Crippen LogP) is 4.11. The molecule has 0 saturated heterocycles. The van der Waals surface area contributed by atoms with Gasteiger partial charge in [0.2, 0.25) is 5.91 Å². The van der Waals surface area contributed by atoms with Crippen molar-refractivity contribution < 1.29 is 31.5 Å². The Labute approximate surface area is 140 Å². The lowest BCUT2D eigenvalue weighted by Gasteiger charge is -2.20. The monoisotopic (exact) mass is 371 g/mol. The van der Waals surface area contributed by atoms with Crippen molar-refractivity contribution in [1.82, 2.24) is 4.90 Å². The van der Waals surface area contributed by atoms with Crippen LogP contribution < -0.4 is 0 Å². The van der Waals surface area contributed by atoms with Crippen LogP contribution in [0.2, 0.25) is 5.02 Å². The Morgan fingerprint density at radius 1 is 1.38 bits per heavy atom. The zero-order chi connectivity index (χ0) is 18.3. The standard InChI is InChI=1S/C15H15ClF5NO2/c1-24-7-6-22(9-13(17)18)14(23)5-3-10-2-4-12(16)11(8-10)15(19,20)21/h2-5,8,13H,6-7,9H2,1H3/b5-3+. The largest absolute Gasteiger partial charge is 0.417 e. The number of methoxy groups -OCH3 is 1. The van der Waals surface area contributed by atoms with Crippen molar-refractivity contribution in [3.63, 3.8) is 0 Å². The average molecular weight is 372 g/mol. The van der Waals surface area contributed by atoms with Crippen molar-refractivity contribution in [2.24, 2.45) is 0 Å². The van der Waals surface area contributed by atoms with E-state index in [2.05, 4.69) is 0 Å². The molecule has 0 aliphatic heterocycles. The molecule has 0 unspecified atom stereocenters. The third-order valence-electron chi connectivity index (χ3n) is 2.95. The number of halogens is 6. The fourth-order valence-electron chi connectivity index (χ4n) is 1.80. The van der Waals surface area contributed by atoms with E-state index in [0.29, 0.717) is 0 Å². The predicted molar refractivity (Wildman–Crippen MR) is 79.9 cm³/mol. The van der Waals surface area contributed by atoms with E-state index in [4.69, 9.17) is 16.3 Å². The molecule has 0 aromatic heterocycles. The summed E-state index contributed by atoms with van der Waals surface area (Å²) in [7, 11) is 1.35. The van der Waals surface area contributed by atoms with Crippen LogP contribution >= 0.6 is 11.6 Å². The molecule has 0 N–H and O–H groups in total. The van der Waals surface area contributed by atoms with Crippen LogP contribution in [0.15, 0.2) is 24.3 Å². The molecule has 0 saturated carbocycles. The third-order valence-corrected chi connectivity index (χ3v) is 3.28. The summed E-state index contributed by atoms with van der Waals surface area (Å²) in [5.41, 5.74) is -0.966. The van der Waals surface area contributed by atoms with Crippen LogP contribution in [0.4, 0.5) is 22.0 Å². The molecule has 0 radical (unpaired) electrons. The second-order valence-corrected chi connectivity index (χ2v) is 5.15. The second kappa shape index (κ2) is 8.98.